The minimum Gasteiger partial charge on any atom is -0.325 e. The van der Waals surface area contributed by atoms with Gasteiger partial charge in [-0.1, -0.05) is 89.8 Å². The van der Waals surface area contributed by atoms with E-state index in [9.17, 15) is 4.79 Å². The van der Waals surface area contributed by atoms with Gasteiger partial charge >= 0.3 is 0 Å². The monoisotopic (exact) mass is 401 g/mol. The number of carbonyl (C=O) groups excluding carboxylic acids is 1. The number of benzene rings is 2. The standard InChI is InChI=1S/C19H19N3OS3/c1-3-24-18-21-22-19(26-18)25-16(14-7-5-4-6-8-14)17(23)20-15-11-9-13(2)10-12-15/h4-12,16H,3H2,1-2H3,(H,20,23)/t16-/m1/s1. The first-order chi connectivity index (χ1) is 12.7. The summed E-state index contributed by atoms with van der Waals surface area (Å²) in [7, 11) is 0. The molecule has 1 N–H and O–H groups in total. The molecule has 0 radical (unpaired) electrons. The zero-order chi connectivity index (χ0) is 18.4. The number of aromatic nitrogens is 2. The summed E-state index contributed by atoms with van der Waals surface area (Å²) in [5.41, 5.74) is 2.90. The highest BCUT2D eigenvalue weighted by Crippen LogP contribution is 2.39. The summed E-state index contributed by atoms with van der Waals surface area (Å²) in [6.07, 6.45) is 0. The maximum absolute atomic E-state index is 13.0. The summed E-state index contributed by atoms with van der Waals surface area (Å²) in [5.74, 6) is 0.889. The van der Waals surface area contributed by atoms with Crippen molar-refractivity contribution in [2.45, 2.75) is 27.8 Å². The van der Waals surface area contributed by atoms with Gasteiger partial charge in [0.1, 0.15) is 5.25 Å². The highest BCUT2D eigenvalue weighted by Gasteiger charge is 2.24. The normalized spacial score (nSPS) is 11.9. The van der Waals surface area contributed by atoms with Crippen molar-refractivity contribution < 1.29 is 4.79 Å². The van der Waals surface area contributed by atoms with Crippen molar-refractivity contribution in [2.24, 2.45) is 0 Å². The van der Waals surface area contributed by atoms with E-state index in [4.69, 9.17) is 0 Å². The zero-order valence-corrected chi connectivity index (χ0v) is 17.0. The Morgan fingerprint density at radius 3 is 2.46 bits per heavy atom. The molecule has 1 heterocycles. The van der Waals surface area contributed by atoms with Crippen molar-refractivity contribution in [3.8, 4) is 0 Å². The largest absolute Gasteiger partial charge is 0.325 e. The highest BCUT2D eigenvalue weighted by molar-refractivity contribution is 8.03. The number of amides is 1. The van der Waals surface area contributed by atoms with Gasteiger partial charge in [-0.05, 0) is 30.4 Å². The minimum atomic E-state index is -0.384. The van der Waals surface area contributed by atoms with Crippen LogP contribution in [0.3, 0.4) is 0 Å². The second-order valence-electron chi connectivity index (χ2n) is 5.53. The second-order valence-corrected chi connectivity index (χ2v) is 9.37. The van der Waals surface area contributed by atoms with Gasteiger partial charge in [0.2, 0.25) is 5.91 Å². The summed E-state index contributed by atoms with van der Waals surface area (Å²) in [6, 6.07) is 17.6. The average molecular weight is 402 g/mol. The molecular weight excluding hydrogens is 382 g/mol. The summed E-state index contributed by atoms with van der Waals surface area (Å²) < 4.78 is 1.73. The smallest absolute Gasteiger partial charge is 0.242 e. The van der Waals surface area contributed by atoms with Crippen molar-refractivity contribution in [2.75, 3.05) is 11.1 Å². The molecule has 1 aromatic heterocycles. The molecule has 3 aromatic rings. The number of anilines is 1. The van der Waals surface area contributed by atoms with E-state index in [-0.39, 0.29) is 11.2 Å². The predicted molar refractivity (Wildman–Crippen MR) is 111 cm³/mol. The van der Waals surface area contributed by atoms with Crippen LogP contribution < -0.4 is 5.32 Å². The molecule has 4 nitrogen and oxygen atoms in total. The lowest BCUT2D eigenvalue weighted by Gasteiger charge is -2.15. The lowest BCUT2D eigenvalue weighted by Crippen LogP contribution is -2.19. The molecule has 2 aromatic carbocycles. The van der Waals surface area contributed by atoms with Crippen molar-refractivity contribution in [1.82, 2.24) is 10.2 Å². The van der Waals surface area contributed by atoms with Crippen LogP contribution in [0.2, 0.25) is 0 Å². The first-order valence-corrected chi connectivity index (χ1v) is 10.9. The molecule has 0 saturated heterocycles. The third-order valence-electron chi connectivity index (χ3n) is 3.53. The van der Waals surface area contributed by atoms with Crippen molar-refractivity contribution >= 4 is 46.5 Å². The molecule has 1 atom stereocenters. The summed E-state index contributed by atoms with van der Waals surface area (Å²) in [6.45, 7) is 4.11. The van der Waals surface area contributed by atoms with Crippen LogP contribution >= 0.6 is 34.9 Å². The Labute approximate surface area is 165 Å². The fourth-order valence-corrected chi connectivity index (χ4v) is 5.38. The lowest BCUT2D eigenvalue weighted by atomic mass is 10.1. The third kappa shape index (κ3) is 5.09. The number of carbonyl (C=O) groups is 1. The van der Waals surface area contributed by atoms with E-state index in [1.807, 2.05) is 61.5 Å². The molecule has 1 amide bonds. The van der Waals surface area contributed by atoms with E-state index in [2.05, 4.69) is 22.4 Å². The lowest BCUT2D eigenvalue weighted by molar-refractivity contribution is -0.115. The first-order valence-electron chi connectivity index (χ1n) is 8.21. The van der Waals surface area contributed by atoms with Gasteiger partial charge in [0.15, 0.2) is 8.68 Å². The van der Waals surface area contributed by atoms with Gasteiger partial charge in [-0.15, -0.1) is 10.2 Å². The van der Waals surface area contributed by atoms with Crippen LogP contribution in [0.15, 0.2) is 63.3 Å². The number of hydrogen-bond acceptors (Lipinski definition) is 6. The fraction of sp³-hybridized carbons (Fsp3) is 0.211. The van der Waals surface area contributed by atoms with E-state index in [0.29, 0.717) is 0 Å². The van der Waals surface area contributed by atoms with Gasteiger partial charge in [0, 0.05) is 5.69 Å². The Kier molecular flexibility index (Phi) is 6.71. The van der Waals surface area contributed by atoms with Gasteiger partial charge in [0.25, 0.3) is 0 Å². The van der Waals surface area contributed by atoms with Gasteiger partial charge < -0.3 is 5.32 Å². The summed E-state index contributed by atoms with van der Waals surface area (Å²) in [4.78, 5) is 13.0. The van der Waals surface area contributed by atoms with Gasteiger partial charge in [-0.3, -0.25) is 4.79 Å². The third-order valence-corrected chi connectivity index (χ3v) is 6.81. The van der Waals surface area contributed by atoms with Crippen molar-refractivity contribution in [1.29, 1.82) is 0 Å². The van der Waals surface area contributed by atoms with Crippen LogP contribution in [-0.2, 0) is 4.79 Å². The van der Waals surface area contributed by atoms with E-state index in [1.54, 1.807) is 11.8 Å². The Morgan fingerprint density at radius 2 is 1.77 bits per heavy atom. The number of thioether (sulfide) groups is 2. The molecule has 0 spiro atoms. The summed E-state index contributed by atoms with van der Waals surface area (Å²) in [5, 5.41) is 11.0. The maximum atomic E-state index is 13.0. The van der Waals surface area contributed by atoms with Crippen LogP contribution in [0.25, 0.3) is 0 Å². The van der Waals surface area contributed by atoms with E-state index >= 15 is 0 Å². The molecule has 26 heavy (non-hydrogen) atoms. The highest BCUT2D eigenvalue weighted by atomic mass is 32.2. The Bertz CT molecular complexity index is 850. The Hall–Kier alpha value is -1.83. The molecule has 0 unspecified atom stereocenters. The van der Waals surface area contributed by atoms with Gasteiger partial charge in [0.05, 0.1) is 0 Å². The number of hydrogen-bond donors (Lipinski definition) is 1. The minimum absolute atomic E-state index is 0.0649. The van der Waals surface area contributed by atoms with Crippen molar-refractivity contribution in [3.05, 3.63) is 65.7 Å². The van der Waals surface area contributed by atoms with E-state index < -0.39 is 0 Å². The fourth-order valence-electron chi connectivity index (χ4n) is 2.27. The van der Waals surface area contributed by atoms with Crippen LogP contribution in [0.1, 0.15) is 23.3 Å². The molecule has 134 valence electrons. The molecule has 0 bridgehead atoms. The number of nitrogens with one attached hydrogen (secondary N) is 1. The number of rotatable bonds is 7. The number of nitrogens with zero attached hydrogens (tertiary/aromatic N) is 2. The molecule has 0 aliphatic carbocycles. The molecule has 0 aliphatic heterocycles. The van der Waals surface area contributed by atoms with Crippen LogP contribution in [-0.4, -0.2) is 21.9 Å². The second kappa shape index (κ2) is 9.21. The molecule has 0 fully saturated rings. The van der Waals surface area contributed by atoms with Crippen molar-refractivity contribution in [3.63, 3.8) is 0 Å². The van der Waals surface area contributed by atoms with Gasteiger partial charge in [-0.2, -0.15) is 0 Å². The maximum Gasteiger partial charge on any atom is 0.242 e. The SMILES string of the molecule is CCSc1nnc(S[C@@H](C(=O)Nc2ccc(C)cc2)c2ccccc2)s1. The Morgan fingerprint density at radius 1 is 1.08 bits per heavy atom. The molecule has 0 saturated carbocycles. The average Bonchev–Trinajstić information content (AvgIpc) is 3.10. The van der Waals surface area contributed by atoms with Crippen LogP contribution in [0, 0.1) is 6.92 Å². The quantitative estimate of drug-likeness (QED) is 0.535. The molecular formula is C19H19N3OS3. The topological polar surface area (TPSA) is 54.9 Å². The van der Waals surface area contributed by atoms with Crippen LogP contribution in [0.5, 0.6) is 0 Å². The molecule has 7 heteroatoms. The zero-order valence-electron chi connectivity index (χ0n) is 14.5. The predicted octanol–water partition coefficient (Wildman–Crippen LogP) is 5.43. The van der Waals surface area contributed by atoms with E-state index in [0.717, 1.165) is 31.2 Å². The Balaban J connectivity index is 1.80. The number of aryl methyl sites for hydroxylation is 1. The van der Waals surface area contributed by atoms with Crippen LogP contribution in [0.4, 0.5) is 5.69 Å². The summed E-state index contributed by atoms with van der Waals surface area (Å²) >= 11 is 4.63. The molecule has 3 rings (SSSR count). The molecule has 0 aliphatic rings. The van der Waals surface area contributed by atoms with Gasteiger partial charge in [-0.25, -0.2) is 0 Å². The first kappa shape index (κ1) is 18.9. The van der Waals surface area contributed by atoms with E-state index in [1.165, 1.54) is 23.1 Å².